The molecule has 10 heavy (non-hydrogen) atoms. The average Bonchev–Trinajstić information content (AvgIpc) is 2.53. The van der Waals surface area contributed by atoms with Crippen LogP contribution in [-0.4, -0.2) is 25.0 Å². The van der Waals surface area contributed by atoms with E-state index in [-0.39, 0.29) is 0 Å². The normalized spacial score (nSPS) is 38.4. The number of hydrogen-bond acceptors (Lipinski definition) is 1. The van der Waals surface area contributed by atoms with E-state index in [1.54, 1.807) is 0 Å². The molecule has 1 aliphatic carbocycles. The molecule has 1 heteroatoms. The minimum Gasteiger partial charge on any atom is -0.306 e. The van der Waals surface area contributed by atoms with Gasteiger partial charge in [0.2, 0.25) is 0 Å². The molecule has 1 aliphatic heterocycles. The first-order valence-corrected chi connectivity index (χ1v) is 4.41. The maximum absolute atomic E-state index is 2.45. The first-order chi connectivity index (χ1) is 4.73. The van der Waals surface area contributed by atoms with Gasteiger partial charge in [0.15, 0.2) is 0 Å². The van der Waals surface area contributed by atoms with E-state index in [1.807, 2.05) is 0 Å². The summed E-state index contributed by atoms with van der Waals surface area (Å²) in [5.41, 5.74) is 0.826. The van der Waals surface area contributed by atoms with Gasteiger partial charge < -0.3 is 4.90 Å². The quantitative estimate of drug-likeness (QED) is 0.494. The second-order valence-electron chi connectivity index (χ2n) is 4.27. The molecule has 58 valence electrons. The van der Waals surface area contributed by atoms with Gasteiger partial charge in [0.05, 0.1) is 0 Å². The molecular formula is C9H17N. The number of piperidine rings is 1. The fraction of sp³-hybridized carbons (Fsp3) is 1.00. The largest absolute Gasteiger partial charge is 0.306 e. The molecule has 0 unspecified atom stereocenters. The molecule has 1 saturated heterocycles. The van der Waals surface area contributed by atoms with Gasteiger partial charge in [-0.25, -0.2) is 0 Å². The predicted octanol–water partition coefficient (Wildman–Crippen LogP) is 1.74. The van der Waals surface area contributed by atoms with Gasteiger partial charge >= 0.3 is 0 Å². The van der Waals surface area contributed by atoms with Crippen LogP contribution in [0.4, 0.5) is 0 Å². The Morgan fingerprint density at radius 2 is 1.80 bits per heavy atom. The number of hydrogen-bond donors (Lipinski definition) is 0. The van der Waals surface area contributed by atoms with E-state index >= 15 is 0 Å². The third-order valence-corrected chi connectivity index (χ3v) is 3.58. The van der Waals surface area contributed by atoms with Crippen LogP contribution in [0, 0.1) is 11.3 Å². The fourth-order valence-corrected chi connectivity index (χ4v) is 2.31. The zero-order valence-electron chi connectivity index (χ0n) is 7.06. The van der Waals surface area contributed by atoms with Crippen molar-refractivity contribution in [2.75, 3.05) is 20.1 Å². The van der Waals surface area contributed by atoms with Gasteiger partial charge in [-0.3, -0.25) is 0 Å². The van der Waals surface area contributed by atoms with Crippen molar-refractivity contribution in [1.29, 1.82) is 0 Å². The number of nitrogens with zero attached hydrogens (tertiary/aromatic N) is 1. The smallest absolute Gasteiger partial charge is 0.00164 e. The van der Waals surface area contributed by atoms with Crippen LogP contribution in [0.3, 0.4) is 0 Å². The van der Waals surface area contributed by atoms with Crippen LogP contribution in [0.25, 0.3) is 0 Å². The second-order valence-corrected chi connectivity index (χ2v) is 4.27. The number of rotatable bonds is 0. The van der Waals surface area contributed by atoms with Crippen molar-refractivity contribution in [2.24, 2.45) is 11.3 Å². The highest BCUT2D eigenvalue weighted by molar-refractivity contribution is 5.02. The summed E-state index contributed by atoms with van der Waals surface area (Å²) in [6.07, 6.45) is 4.44. The molecule has 2 aliphatic rings. The van der Waals surface area contributed by atoms with E-state index in [1.165, 1.54) is 32.4 Å². The van der Waals surface area contributed by atoms with Gasteiger partial charge in [-0.2, -0.15) is 0 Å². The van der Waals surface area contributed by atoms with E-state index in [0.29, 0.717) is 0 Å². The highest BCUT2D eigenvalue weighted by Crippen LogP contribution is 2.58. The van der Waals surface area contributed by atoms with Crippen molar-refractivity contribution in [3.63, 3.8) is 0 Å². The lowest BCUT2D eigenvalue weighted by Gasteiger charge is -2.29. The molecule has 0 amide bonds. The third kappa shape index (κ3) is 0.878. The van der Waals surface area contributed by atoms with Gasteiger partial charge in [0, 0.05) is 0 Å². The lowest BCUT2D eigenvalue weighted by atomic mass is 9.92. The first kappa shape index (κ1) is 6.66. The highest BCUT2D eigenvalue weighted by atomic mass is 15.1. The number of likely N-dealkylation sites (tertiary alicyclic amines) is 1. The van der Waals surface area contributed by atoms with E-state index in [9.17, 15) is 0 Å². The zero-order chi connectivity index (χ0) is 7.19. The van der Waals surface area contributed by atoms with Gasteiger partial charge in [0.1, 0.15) is 0 Å². The summed E-state index contributed by atoms with van der Waals surface area (Å²) in [6.45, 7) is 5.08. The fourth-order valence-electron chi connectivity index (χ4n) is 2.31. The third-order valence-electron chi connectivity index (χ3n) is 3.58. The molecule has 0 aromatic carbocycles. The molecule has 1 saturated carbocycles. The van der Waals surface area contributed by atoms with E-state index in [0.717, 1.165) is 11.3 Å². The Morgan fingerprint density at radius 1 is 1.30 bits per heavy atom. The maximum Gasteiger partial charge on any atom is -0.00164 e. The van der Waals surface area contributed by atoms with Crippen LogP contribution in [0.1, 0.15) is 26.2 Å². The topological polar surface area (TPSA) is 3.24 Å². The second kappa shape index (κ2) is 1.97. The Kier molecular flexibility index (Phi) is 1.31. The van der Waals surface area contributed by atoms with E-state index in [4.69, 9.17) is 0 Å². The predicted molar refractivity (Wildman–Crippen MR) is 42.9 cm³/mol. The Morgan fingerprint density at radius 3 is 2.20 bits per heavy atom. The van der Waals surface area contributed by atoms with Gasteiger partial charge in [-0.05, 0) is 50.7 Å². The molecule has 0 aromatic rings. The highest BCUT2D eigenvalue weighted by Gasteiger charge is 2.51. The van der Waals surface area contributed by atoms with Crippen LogP contribution < -0.4 is 0 Å². The van der Waals surface area contributed by atoms with Crippen LogP contribution in [0.15, 0.2) is 0 Å². The average molecular weight is 139 g/mol. The minimum atomic E-state index is 0.826. The summed E-state index contributed by atoms with van der Waals surface area (Å²) in [5.74, 6) is 1.04. The first-order valence-electron chi connectivity index (χ1n) is 4.41. The summed E-state index contributed by atoms with van der Waals surface area (Å²) in [7, 11) is 2.24. The zero-order valence-corrected chi connectivity index (χ0v) is 7.06. The molecule has 0 N–H and O–H groups in total. The maximum atomic E-state index is 2.45. The monoisotopic (exact) mass is 139 g/mol. The van der Waals surface area contributed by atoms with E-state index in [2.05, 4.69) is 18.9 Å². The Balaban J connectivity index is 1.93. The van der Waals surface area contributed by atoms with Gasteiger partial charge in [-0.15, -0.1) is 0 Å². The molecule has 2 fully saturated rings. The molecule has 0 radical (unpaired) electrons. The molecule has 0 aromatic heterocycles. The Bertz CT molecular complexity index is 134. The van der Waals surface area contributed by atoms with Gasteiger partial charge in [0.25, 0.3) is 0 Å². The van der Waals surface area contributed by atoms with Gasteiger partial charge in [-0.1, -0.05) is 6.92 Å². The van der Waals surface area contributed by atoms with Crippen LogP contribution in [0.5, 0.6) is 0 Å². The van der Waals surface area contributed by atoms with Crippen LogP contribution >= 0.6 is 0 Å². The van der Waals surface area contributed by atoms with Crippen molar-refractivity contribution < 1.29 is 0 Å². The SMILES string of the molecule is C[C@H]1CC12CCN(C)CC2. The Hall–Kier alpha value is -0.0400. The van der Waals surface area contributed by atoms with E-state index < -0.39 is 0 Å². The van der Waals surface area contributed by atoms with Crippen molar-refractivity contribution in [1.82, 2.24) is 4.90 Å². The molecule has 2 rings (SSSR count). The lowest BCUT2D eigenvalue weighted by molar-refractivity contribution is 0.195. The molecule has 1 nitrogen and oxygen atoms in total. The summed E-state index contributed by atoms with van der Waals surface area (Å²) < 4.78 is 0. The summed E-state index contributed by atoms with van der Waals surface area (Å²) in [4.78, 5) is 2.45. The van der Waals surface area contributed by atoms with Crippen molar-refractivity contribution in [2.45, 2.75) is 26.2 Å². The summed E-state index contributed by atoms with van der Waals surface area (Å²) >= 11 is 0. The van der Waals surface area contributed by atoms with Crippen molar-refractivity contribution >= 4 is 0 Å². The molecule has 1 atom stereocenters. The summed E-state index contributed by atoms with van der Waals surface area (Å²) in [6, 6.07) is 0. The van der Waals surface area contributed by atoms with Crippen molar-refractivity contribution in [3.8, 4) is 0 Å². The molecule has 0 bridgehead atoms. The Labute approximate surface area is 63.4 Å². The van der Waals surface area contributed by atoms with Crippen LogP contribution in [-0.2, 0) is 0 Å². The lowest BCUT2D eigenvalue weighted by Crippen LogP contribution is -2.31. The molecule has 1 spiro atoms. The van der Waals surface area contributed by atoms with Crippen LogP contribution in [0.2, 0.25) is 0 Å². The summed E-state index contributed by atoms with van der Waals surface area (Å²) in [5, 5.41) is 0. The molecular weight excluding hydrogens is 122 g/mol. The standard InChI is InChI=1S/C9H17N/c1-8-7-9(8)3-5-10(2)6-4-9/h8H,3-7H2,1-2H3/t8-/m0/s1. The minimum absolute atomic E-state index is 0.826. The van der Waals surface area contributed by atoms with Crippen molar-refractivity contribution in [3.05, 3.63) is 0 Å². The molecule has 1 heterocycles.